The van der Waals surface area contributed by atoms with E-state index in [1.165, 1.54) is 0 Å². The van der Waals surface area contributed by atoms with Crippen LogP contribution in [0.15, 0.2) is 53.0 Å². The van der Waals surface area contributed by atoms with Gasteiger partial charge in [-0.3, -0.25) is 4.79 Å². The van der Waals surface area contributed by atoms with Crippen molar-refractivity contribution >= 4 is 32.9 Å². The predicted octanol–water partition coefficient (Wildman–Crippen LogP) is 3.33. The van der Waals surface area contributed by atoms with Gasteiger partial charge in [-0.2, -0.15) is 0 Å². The molecule has 1 N–H and O–H groups in total. The van der Waals surface area contributed by atoms with Crippen LogP contribution >= 0.6 is 15.9 Å². The van der Waals surface area contributed by atoms with Crippen LogP contribution in [-0.2, 0) is 13.0 Å². The molecule has 0 saturated carbocycles. The molecule has 0 aliphatic carbocycles. The number of fused-ring (bicyclic) bond motifs is 1. The second-order valence-corrected chi connectivity index (χ2v) is 7.31. The predicted molar refractivity (Wildman–Crippen MR) is 108 cm³/mol. The standard InChI is InChI=1S/C20H23BrN4O/c1-24(2)13-14-25-18-10-6-5-9-17(18)23-19(25)11-12-22-20(26)15-7-3-4-8-16(15)21/h3-10H,11-14H2,1-2H3,(H,22,26). The quantitative estimate of drug-likeness (QED) is 0.644. The number of benzene rings is 2. The molecular weight excluding hydrogens is 392 g/mol. The van der Waals surface area contributed by atoms with E-state index in [1.54, 1.807) is 0 Å². The molecule has 136 valence electrons. The van der Waals surface area contributed by atoms with E-state index < -0.39 is 0 Å². The largest absolute Gasteiger partial charge is 0.352 e. The zero-order valence-electron chi connectivity index (χ0n) is 15.1. The molecule has 0 unspecified atom stereocenters. The van der Waals surface area contributed by atoms with Crippen LogP contribution in [0.1, 0.15) is 16.2 Å². The van der Waals surface area contributed by atoms with Gasteiger partial charge in [0.15, 0.2) is 0 Å². The summed E-state index contributed by atoms with van der Waals surface area (Å²) >= 11 is 3.42. The number of amides is 1. The highest BCUT2D eigenvalue weighted by atomic mass is 79.9. The van der Waals surface area contributed by atoms with Gasteiger partial charge in [0.1, 0.15) is 5.82 Å². The van der Waals surface area contributed by atoms with Gasteiger partial charge in [0.2, 0.25) is 0 Å². The zero-order chi connectivity index (χ0) is 18.5. The molecule has 0 radical (unpaired) electrons. The van der Waals surface area contributed by atoms with Crippen molar-refractivity contribution in [1.29, 1.82) is 0 Å². The molecule has 1 amide bonds. The molecule has 0 saturated heterocycles. The molecule has 2 aromatic carbocycles. The summed E-state index contributed by atoms with van der Waals surface area (Å²) in [6, 6.07) is 15.6. The molecular formula is C20H23BrN4O. The van der Waals surface area contributed by atoms with Crippen molar-refractivity contribution in [2.45, 2.75) is 13.0 Å². The highest BCUT2D eigenvalue weighted by Crippen LogP contribution is 2.17. The average molecular weight is 415 g/mol. The molecule has 26 heavy (non-hydrogen) atoms. The fourth-order valence-electron chi connectivity index (χ4n) is 2.89. The van der Waals surface area contributed by atoms with Crippen molar-refractivity contribution < 1.29 is 4.79 Å². The lowest BCUT2D eigenvalue weighted by Crippen LogP contribution is -2.27. The fraction of sp³-hybridized carbons (Fsp3) is 0.300. The van der Waals surface area contributed by atoms with E-state index in [0.717, 1.165) is 34.4 Å². The Morgan fingerprint density at radius 3 is 2.65 bits per heavy atom. The number of halogens is 1. The van der Waals surface area contributed by atoms with Crippen LogP contribution in [0.5, 0.6) is 0 Å². The Hall–Kier alpha value is -2.18. The van der Waals surface area contributed by atoms with Crippen LogP contribution in [0.2, 0.25) is 0 Å². The molecule has 0 bridgehead atoms. The van der Waals surface area contributed by atoms with Crippen molar-refractivity contribution in [2.24, 2.45) is 0 Å². The number of carbonyl (C=O) groups excluding carboxylic acids is 1. The zero-order valence-corrected chi connectivity index (χ0v) is 16.7. The summed E-state index contributed by atoms with van der Waals surface area (Å²) in [4.78, 5) is 19.3. The minimum absolute atomic E-state index is 0.0755. The van der Waals surface area contributed by atoms with Crippen molar-refractivity contribution in [3.8, 4) is 0 Å². The van der Waals surface area contributed by atoms with E-state index in [1.807, 2.05) is 42.5 Å². The molecule has 0 spiro atoms. The summed E-state index contributed by atoms with van der Waals surface area (Å²) in [7, 11) is 4.13. The first-order chi connectivity index (χ1) is 12.6. The molecule has 0 aliphatic rings. The number of imidazole rings is 1. The topological polar surface area (TPSA) is 50.2 Å². The number of hydrogen-bond donors (Lipinski definition) is 1. The van der Waals surface area contributed by atoms with Gasteiger partial charge >= 0.3 is 0 Å². The van der Waals surface area contributed by atoms with Crippen molar-refractivity contribution in [3.63, 3.8) is 0 Å². The Kier molecular flexibility index (Phi) is 6.06. The first-order valence-electron chi connectivity index (χ1n) is 8.68. The Labute approximate surface area is 162 Å². The molecule has 3 aromatic rings. The number of hydrogen-bond acceptors (Lipinski definition) is 3. The second-order valence-electron chi connectivity index (χ2n) is 6.46. The second kappa shape index (κ2) is 8.47. The van der Waals surface area contributed by atoms with Gasteiger partial charge in [0.05, 0.1) is 16.6 Å². The van der Waals surface area contributed by atoms with E-state index in [-0.39, 0.29) is 5.91 Å². The van der Waals surface area contributed by atoms with Crippen LogP contribution in [0.3, 0.4) is 0 Å². The van der Waals surface area contributed by atoms with Gasteiger partial charge in [-0.25, -0.2) is 4.98 Å². The number of rotatable bonds is 7. The van der Waals surface area contributed by atoms with Gasteiger partial charge in [-0.15, -0.1) is 0 Å². The summed E-state index contributed by atoms with van der Waals surface area (Å²) in [6.45, 7) is 2.36. The number of likely N-dealkylation sites (N-methyl/N-ethyl adjacent to an activating group) is 1. The van der Waals surface area contributed by atoms with Crippen molar-refractivity contribution in [2.75, 3.05) is 27.2 Å². The highest BCUT2D eigenvalue weighted by molar-refractivity contribution is 9.10. The first-order valence-corrected chi connectivity index (χ1v) is 9.47. The number of para-hydroxylation sites is 2. The van der Waals surface area contributed by atoms with Gasteiger partial charge in [0.25, 0.3) is 5.91 Å². The molecule has 0 aliphatic heterocycles. The van der Waals surface area contributed by atoms with Gasteiger partial charge in [-0.05, 0) is 54.3 Å². The van der Waals surface area contributed by atoms with Crippen LogP contribution in [-0.4, -0.2) is 47.5 Å². The first kappa shape index (κ1) is 18.6. The molecule has 1 aromatic heterocycles. The number of nitrogens with zero attached hydrogens (tertiary/aromatic N) is 3. The maximum Gasteiger partial charge on any atom is 0.252 e. The number of nitrogens with one attached hydrogen (secondary N) is 1. The minimum atomic E-state index is -0.0755. The third kappa shape index (κ3) is 4.31. The lowest BCUT2D eigenvalue weighted by molar-refractivity contribution is 0.0953. The van der Waals surface area contributed by atoms with E-state index in [2.05, 4.69) is 50.9 Å². The third-order valence-corrected chi connectivity index (χ3v) is 4.95. The summed E-state index contributed by atoms with van der Waals surface area (Å²) in [5.74, 6) is 0.925. The molecule has 5 nitrogen and oxygen atoms in total. The Morgan fingerprint density at radius 2 is 1.88 bits per heavy atom. The summed E-state index contributed by atoms with van der Waals surface area (Å²) in [6.07, 6.45) is 0.693. The number of aromatic nitrogens is 2. The van der Waals surface area contributed by atoms with Crippen LogP contribution in [0.25, 0.3) is 11.0 Å². The van der Waals surface area contributed by atoms with E-state index in [4.69, 9.17) is 4.98 Å². The Morgan fingerprint density at radius 1 is 1.15 bits per heavy atom. The lowest BCUT2D eigenvalue weighted by atomic mass is 10.2. The van der Waals surface area contributed by atoms with Gasteiger partial charge < -0.3 is 14.8 Å². The molecule has 3 rings (SSSR count). The van der Waals surface area contributed by atoms with E-state index >= 15 is 0 Å². The van der Waals surface area contributed by atoms with Crippen molar-refractivity contribution in [1.82, 2.24) is 19.8 Å². The van der Waals surface area contributed by atoms with Crippen LogP contribution in [0.4, 0.5) is 0 Å². The fourth-order valence-corrected chi connectivity index (χ4v) is 3.36. The van der Waals surface area contributed by atoms with E-state index in [9.17, 15) is 4.79 Å². The minimum Gasteiger partial charge on any atom is -0.352 e. The Balaban J connectivity index is 1.71. The SMILES string of the molecule is CN(C)CCn1c(CCNC(=O)c2ccccc2Br)nc2ccccc21. The maximum atomic E-state index is 12.4. The normalized spacial score (nSPS) is 11.2. The van der Waals surface area contributed by atoms with Crippen molar-refractivity contribution in [3.05, 3.63) is 64.4 Å². The van der Waals surface area contributed by atoms with Crippen LogP contribution < -0.4 is 5.32 Å². The summed E-state index contributed by atoms with van der Waals surface area (Å²) < 4.78 is 3.05. The maximum absolute atomic E-state index is 12.4. The molecule has 1 heterocycles. The molecule has 6 heteroatoms. The van der Waals surface area contributed by atoms with Gasteiger partial charge in [-0.1, -0.05) is 24.3 Å². The summed E-state index contributed by atoms with van der Waals surface area (Å²) in [5.41, 5.74) is 2.79. The molecule has 0 atom stereocenters. The average Bonchev–Trinajstić information content (AvgIpc) is 2.97. The third-order valence-electron chi connectivity index (χ3n) is 4.26. The monoisotopic (exact) mass is 414 g/mol. The molecule has 0 fully saturated rings. The van der Waals surface area contributed by atoms with E-state index in [0.29, 0.717) is 18.5 Å². The number of carbonyl (C=O) groups is 1. The van der Waals surface area contributed by atoms with Crippen LogP contribution in [0, 0.1) is 0 Å². The Bertz CT molecular complexity index is 904. The lowest BCUT2D eigenvalue weighted by Gasteiger charge is -2.13. The summed E-state index contributed by atoms with van der Waals surface area (Å²) in [5, 5.41) is 2.99. The smallest absolute Gasteiger partial charge is 0.252 e. The highest BCUT2D eigenvalue weighted by Gasteiger charge is 2.12. The van der Waals surface area contributed by atoms with Gasteiger partial charge in [0, 0.05) is 30.5 Å².